The maximum absolute atomic E-state index is 11.7. The number of amides is 2. The Bertz CT molecular complexity index is 455. The van der Waals surface area contributed by atoms with Crippen LogP contribution in [0.3, 0.4) is 0 Å². The minimum atomic E-state index is -0.291. The van der Waals surface area contributed by atoms with Crippen LogP contribution in [0.2, 0.25) is 5.02 Å². The second-order valence-electron chi connectivity index (χ2n) is 3.90. The molecule has 2 N–H and O–H groups in total. The van der Waals surface area contributed by atoms with Crippen LogP contribution < -0.4 is 10.6 Å². The lowest BCUT2D eigenvalue weighted by atomic mass is 10.2. The average Bonchev–Trinajstić information content (AvgIpc) is 2.42. The van der Waals surface area contributed by atoms with Crippen molar-refractivity contribution in [3.63, 3.8) is 0 Å². The summed E-state index contributed by atoms with van der Waals surface area (Å²) >= 11 is 5.73. The molecule has 5 heteroatoms. The van der Waals surface area contributed by atoms with Crippen molar-refractivity contribution in [2.24, 2.45) is 0 Å². The molecule has 0 saturated heterocycles. The number of carbonyl (C=O) groups is 2. The molecule has 0 aromatic heterocycles. The summed E-state index contributed by atoms with van der Waals surface area (Å²) in [7, 11) is 0. The van der Waals surface area contributed by atoms with Crippen LogP contribution in [0.5, 0.6) is 0 Å². The van der Waals surface area contributed by atoms with Crippen molar-refractivity contribution in [1.82, 2.24) is 10.6 Å². The van der Waals surface area contributed by atoms with Crippen molar-refractivity contribution in [1.29, 1.82) is 0 Å². The first-order chi connectivity index (χ1) is 9.13. The standard InChI is InChI=1S/C14H17ClN2O2/c1-2-3-4-9-16-13(18)10-17-14(19)11-5-7-12(15)8-6-11/h2-3,5-8H,4,9-10H2,1H3,(H,16,18)(H,17,19)/b3-2+. The van der Waals surface area contributed by atoms with Crippen molar-refractivity contribution >= 4 is 23.4 Å². The number of rotatable bonds is 6. The number of carbonyl (C=O) groups excluding carboxylic acids is 2. The molecule has 0 fully saturated rings. The van der Waals surface area contributed by atoms with E-state index in [-0.39, 0.29) is 18.4 Å². The van der Waals surface area contributed by atoms with Gasteiger partial charge < -0.3 is 10.6 Å². The summed E-state index contributed by atoms with van der Waals surface area (Å²) in [5.74, 6) is -0.493. The first-order valence-corrected chi connectivity index (χ1v) is 6.43. The molecule has 4 nitrogen and oxygen atoms in total. The Morgan fingerprint density at radius 2 is 1.89 bits per heavy atom. The zero-order chi connectivity index (χ0) is 14.1. The van der Waals surface area contributed by atoms with E-state index < -0.39 is 0 Å². The van der Waals surface area contributed by atoms with Gasteiger partial charge in [0, 0.05) is 17.1 Å². The molecule has 0 saturated carbocycles. The molecule has 0 unspecified atom stereocenters. The van der Waals surface area contributed by atoms with E-state index in [9.17, 15) is 9.59 Å². The quantitative estimate of drug-likeness (QED) is 0.620. The highest BCUT2D eigenvalue weighted by Crippen LogP contribution is 2.09. The van der Waals surface area contributed by atoms with Gasteiger partial charge in [0.25, 0.3) is 5.91 Å². The number of benzene rings is 1. The van der Waals surface area contributed by atoms with E-state index >= 15 is 0 Å². The molecule has 0 radical (unpaired) electrons. The molecule has 0 aliphatic rings. The minimum Gasteiger partial charge on any atom is -0.354 e. The van der Waals surface area contributed by atoms with Crippen LogP contribution in [-0.2, 0) is 4.79 Å². The lowest BCUT2D eigenvalue weighted by Crippen LogP contribution is -2.37. The van der Waals surface area contributed by atoms with Gasteiger partial charge in [0.2, 0.25) is 5.91 Å². The molecule has 1 aromatic carbocycles. The Morgan fingerprint density at radius 3 is 2.53 bits per heavy atom. The lowest BCUT2D eigenvalue weighted by Gasteiger charge is -2.06. The fourth-order valence-corrected chi connectivity index (χ4v) is 1.51. The molecule has 0 heterocycles. The van der Waals surface area contributed by atoms with Gasteiger partial charge in [-0.1, -0.05) is 23.8 Å². The van der Waals surface area contributed by atoms with Gasteiger partial charge in [-0.15, -0.1) is 0 Å². The van der Waals surface area contributed by atoms with E-state index in [0.29, 0.717) is 17.1 Å². The SMILES string of the molecule is C/C=C/CCNC(=O)CNC(=O)c1ccc(Cl)cc1. The number of hydrogen-bond acceptors (Lipinski definition) is 2. The molecule has 1 rings (SSSR count). The van der Waals surface area contributed by atoms with E-state index in [1.807, 2.05) is 19.1 Å². The van der Waals surface area contributed by atoms with Gasteiger partial charge in [-0.3, -0.25) is 9.59 Å². The largest absolute Gasteiger partial charge is 0.354 e. The fraction of sp³-hybridized carbons (Fsp3) is 0.286. The summed E-state index contributed by atoms with van der Waals surface area (Å²) in [4.78, 5) is 23.1. The van der Waals surface area contributed by atoms with E-state index in [4.69, 9.17) is 11.6 Å². The van der Waals surface area contributed by atoms with E-state index in [2.05, 4.69) is 10.6 Å². The Balaban J connectivity index is 2.30. The third kappa shape index (κ3) is 6.06. The maximum atomic E-state index is 11.7. The predicted molar refractivity (Wildman–Crippen MR) is 76.2 cm³/mol. The molecule has 0 atom stereocenters. The monoisotopic (exact) mass is 280 g/mol. The number of hydrogen-bond donors (Lipinski definition) is 2. The van der Waals surface area contributed by atoms with Gasteiger partial charge in [0.1, 0.15) is 0 Å². The fourth-order valence-electron chi connectivity index (χ4n) is 1.39. The molecule has 2 amide bonds. The molecule has 0 bridgehead atoms. The van der Waals surface area contributed by atoms with Gasteiger partial charge in [-0.25, -0.2) is 0 Å². The minimum absolute atomic E-state index is 0.0305. The van der Waals surface area contributed by atoms with Gasteiger partial charge in [0.15, 0.2) is 0 Å². The number of nitrogens with one attached hydrogen (secondary N) is 2. The molecule has 102 valence electrons. The zero-order valence-electron chi connectivity index (χ0n) is 10.8. The van der Waals surface area contributed by atoms with Crippen LogP contribution >= 0.6 is 11.6 Å². The van der Waals surface area contributed by atoms with Crippen molar-refractivity contribution in [3.8, 4) is 0 Å². The smallest absolute Gasteiger partial charge is 0.251 e. The third-order valence-electron chi connectivity index (χ3n) is 2.38. The van der Waals surface area contributed by atoms with Crippen LogP contribution in [0.4, 0.5) is 0 Å². The Kier molecular flexibility index (Phi) is 6.68. The molecular weight excluding hydrogens is 264 g/mol. The highest BCUT2D eigenvalue weighted by molar-refractivity contribution is 6.30. The second kappa shape index (κ2) is 8.32. The van der Waals surface area contributed by atoms with Crippen LogP contribution in [-0.4, -0.2) is 24.9 Å². The second-order valence-corrected chi connectivity index (χ2v) is 4.33. The molecule has 19 heavy (non-hydrogen) atoms. The van der Waals surface area contributed by atoms with Crippen molar-refractivity contribution < 1.29 is 9.59 Å². The number of allylic oxidation sites excluding steroid dienone is 1. The van der Waals surface area contributed by atoms with E-state index in [0.717, 1.165) is 6.42 Å². The van der Waals surface area contributed by atoms with E-state index in [1.54, 1.807) is 24.3 Å². The molecule has 0 aliphatic heterocycles. The molecular formula is C14H17ClN2O2. The highest BCUT2D eigenvalue weighted by atomic mass is 35.5. The predicted octanol–water partition coefficient (Wildman–Crippen LogP) is 2.15. The van der Waals surface area contributed by atoms with Crippen LogP contribution in [0, 0.1) is 0 Å². The number of halogens is 1. The van der Waals surface area contributed by atoms with Crippen molar-refractivity contribution in [2.75, 3.05) is 13.1 Å². The van der Waals surface area contributed by atoms with Gasteiger partial charge in [-0.05, 0) is 37.6 Å². The molecule has 1 aromatic rings. The van der Waals surface area contributed by atoms with Crippen LogP contribution in [0.25, 0.3) is 0 Å². The Morgan fingerprint density at radius 1 is 1.21 bits per heavy atom. The normalized spacial score (nSPS) is 10.4. The van der Waals surface area contributed by atoms with Crippen LogP contribution in [0.1, 0.15) is 23.7 Å². The first-order valence-electron chi connectivity index (χ1n) is 6.05. The topological polar surface area (TPSA) is 58.2 Å². The summed E-state index contributed by atoms with van der Waals surface area (Å²) in [6.45, 7) is 2.46. The van der Waals surface area contributed by atoms with Gasteiger partial charge >= 0.3 is 0 Å². The van der Waals surface area contributed by atoms with Gasteiger partial charge in [-0.2, -0.15) is 0 Å². The Labute approximate surface area is 117 Å². The summed E-state index contributed by atoms with van der Waals surface area (Å²) < 4.78 is 0. The zero-order valence-corrected chi connectivity index (χ0v) is 11.5. The molecule has 0 aliphatic carbocycles. The Hall–Kier alpha value is -1.81. The average molecular weight is 281 g/mol. The third-order valence-corrected chi connectivity index (χ3v) is 2.64. The lowest BCUT2D eigenvalue weighted by molar-refractivity contribution is -0.120. The van der Waals surface area contributed by atoms with Crippen LogP contribution in [0.15, 0.2) is 36.4 Å². The van der Waals surface area contributed by atoms with Gasteiger partial charge in [0.05, 0.1) is 6.54 Å². The highest BCUT2D eigenvalue weighted by Gasteiger charge is 2.07. The maximum Gasteiger partial charge on any atom is 0.251 e. The van der Waals surface area contributed by atoms with Crippen molar-refractivity contribution in [2.45, 2.75) is 13.3 Å². The summed E-state index contributed by atoms with van der Waals surface area (Å²) in [5.41, 5.74) is 0.478. The summed E-state index contributed by atoms with van der Waals surface area (Å²) in [6, 6.07) is 6.49. The first kappa shape index (κ1) is 15.2. The van der Waals surface area contributed by atoms with Crippen molar-refractivity contribution in [3.05, 3.63) is 47.0 Å². The summed E-state index contributed by atoms with van der Waals surface area (Å²) in [6.07, 6.45) is 4.68. The molecule has 0 spiro atoms. The summed E-state index contributed by atoms with van der Waals surface area (Å²) in [5, 5.41) is 5.82. The van der Waals surface area contributed by atoms with E-state index in [1.165, 1.54) is 0 Å².